The number of aromatic nitrogens is 3. The normalized spacial score (nSPS) is 12.0. The van der Waals surface area contributed by atoms with E-state index >= 15 is 0 Å². The van der Waals surface area contributed by atoms with Crippen LogP contribution in [0.5, 0.6) is 5.75 Å². The fourth-order valence-corrected chi connectivity index (χ4v) is 4.04. The summed E-state index contributed by atoms with van der Waals surface area (Å²) in [6, 6.07) is 7.76. The van der Waals surface area contributed by atoms with Crippen LogP contribution in [0.25, 0.3) is 22.8 Å². The molecular formula is C27H37N5O5. The number of carbonyl (C=O) groups excluding carboxylic acids is 1. The number of aryl methyl sites for hydroxylation is 3. The second kappa shape index (κ2) is 12.6. The van der Waals surface area contributed by atoms with Crippen molar-refractivity contribution in [3.8, 4) is 28.6 Å². The number of amides is 1. The average Bonchev–Trinajstić information content (AvgIpc) is 3.35. The predicted octanol–water partition coefficient (Wildman–Crippen LogP) is 2.92. The van der Waals surface area contributed by atoms with E-state index in [-0.39, 0.29) is 13.2 Å². The molecule has 3 rings (SSSR count). The summed E-state index contributed by atoms with van der Waals surface area (Å²) in [5.74, 6) is 2.37. The van der Waals surface area contributed by atoms with E-state index in [4.69, 9.17) is 14.4 Å². The van der Waals surface area contributed by atoms with Gasteiger partial charge in [-0.3, -0.25) is 4.79 Å². The first-order valence-electron chi connectivity index (χ1n) is 12.5. The lowest BCUT2D eigenvalue weighted by Gasteiger charge is -2.21. The van der Waals surface area contributed by atoms with Gasteiger partial charge in [-0.2, -0.15) is 4.98 Å². The highest BCUT2D eigenvalue weighted by Gasteiger charge is 2.18. The molecule has 1 atom stereocenters. The standard InChI is InChI=1S/C27H37N5O5/c1-7-19-10-20(8-17(4)25(19)36-15-22(34)12-28-24(35)14-33)26-30-27(37-31-26)21-9-18(5)29-23(11-21)32(6)13-16(2)3/h8-11,16,22,33-34H,7,12-15H2,1-6H3,(H,28,35)/t22-/m0/s1. The Labute approximate surface area is 217 Å². The van der Waals surface area contributed by atoms with Gasteiger partial charge in [0.05, 0.1) is 0 Å². The van der Waals surface area contributed by atoms with Crippen molar-refractivity contribution in [1.29, 1.82) is 0 Å². The number of carbonyl (C=O) groups is 1. The van der Waals surface area contributed by atoms with Crippen LogP contribution in [0.15, 0.2) is 28.8 Å². The third-order valence-electron chi connectivity index (χ3n) is 5.73. The molecule has 0 radical (unpaired) electrons. The van der Waals surface area contributed by atoms with Crippen LogP contribution in [-0.4, -0.2) is 70.7 Å². The molecule has 10 nitrogen and oxygen atoms in total. The van der Waals surface area contributed by atoms with Crippen LogP contribution >= 0.6 is 0 Å². The molecule has 3 aromatic rings. The van der Waals surface area contributed by atoms with Crippen molar-refractivity contribution in [2.75, 3.05) is 38.3 Å². The molecule has 0 aliphatic carbocycles. The van der Waals surface area contributed by atoms with Crippen LogP contribution in [0.3, 0.4) is 0 Å². The summed E-state index contributed by atoms with van der Waals surface area (Å²) in [6.45, 7) is 10.5. The summed E-state index contributed by atoms with van der Waals surface area (Å²) in [5.41, 5.74) is 4.28. The topological polar surface area (TPSA) is 134 Å². The molecule has 0 saturated carbocycles. The summed E-state index contributed by atoms with van der Waals surface area (Å²) in [6.07, 6.45) is -0.214. The highest BCUT2D eigenvalue weighted by molar-refractivity contribution is 5.76. The van der Waals surface area contributed by atoms with Gasteiger partial charge < -0.3 is 29.7 Å². The first-order valence-corrected chi connectivity index (χ1v) is 12.5. The Morgan fingerprint density at radius 2 is 1.92 bits per heavy atom. The van der Waals surface area contributed by atoms with E-state index in [1.165, 1.54) is 0 Å². The number of benzene rings is 1. The van der Waals surface area contributed by atoms with Crippen molar-refractivity contribution in [3.63, 3.8) is 0 Å². The highest BCUT2D eigenvalue weighted by atomic mass is 16.5. The Morgan fingerprint density at radius 1 is 1.16 bits per heavy atom. The van der Waals surface area contributed by atoms with Crippen molar-refractivity contribution >= 4 is 11.7 Å². The maximum atomic E-state index is 11.2. The van der Waals surface area contributed by atoms with Crippen molar-refractivity contribution < 1.29 is 24.3 Å². The number of rotatable bonds is 12. The van der Waals surface area contributed by atoms with E-state index in [0.29, 0.717) is 29.8 Å². The number of anilines is 1. The average molecular weight is 512 g/mol. The van der Waals surface area contributed by atoms with Crippen molar-refractivity contribution in [3.05, 3.63) is 41.1 Å². The lowest BCUT2D eigenvalue weighted by Crippen LogP contribution is -2.36. The summed E-state index contributed by atoms with van der Waals surface area (Å²) in [4.78, 5) is 22.6. The molecule has 2 heterocycles. The molecule has 0 unspecified atom stereocenters. The quantitative estimate of drug-likeness (QED) is 0.335. The van der Waals surface area contributed by atoms with Gasteiger partial charge in [0, 0.05) is 37.0 Å². The van der Waals surface area contributed by atoms with Crippen molar-refractivity contribution in [1.82, 2.24) is 20.4 Å². The zero-order chi connectivity index (χ0) is 27.1. The highest BCUT2D eigenvalue weighted by Crippen LogP contribution is 2.32. The molecule has 37 heavy (non-hydrogen) atoms. The molecule has 2 aromatic heterocycles. The van der Waals surface area contributed by atoms with Crippen LogP contribution in [-0.2, 0) is 11.2 Å². The van der Waals surface area contributed by atoms with Gasteiger partial charge in [-0.05, 0) is 61.6 Å². The third-order valence-corrected chi connectivity index (χ3v) is 5.73. The van der Waals surface area contributed by atoms with Gasteiger partial charge in [-0.25, -0.2) is 4.98 Å². The number of hydrogen-bond acceptors (Lipinski definition) is 9. The molecule has 0 aliphatic heterocycles. The van der Waals surface area contributed by atoms with Gasteiger partial charge in [0.25, 0.3) is 5.89 Å². The number of nitrogens with zero attached hydrogens (tertiary/aromatic N) is 4. The lowest BCUT2D eigenvalue weighted by molar-refractivity contribution is -0.124. The lowest BCUT2D eigenvalue weighted by atomic mass is 10.0. The zero-order valence-electron chi connectivity index (χ0n) is 22.4. The molecule has 0 spiro atoms. The first kappa shape index (κ1) is 28.1. The summed E-state index contributed by atoms with van der Waals surface area (Å²) < 4.78 is 11.5. The summed E-state index contributed by atoms with van der Waals surface area (Å²) in [5, 5.41) is 25.5. The van der Waals surface area contributed by atoms with Gasteiger partial charge in [-0.1, -0.05) is 25.9 Å². The number of pyridine rings is 1. The minimum Gasteiger partial charge on any atom is -0.490 e. The van der Waals surface area contributed by atoms with Gasteiger partial charge >= 0.3 is 0 Å². The van der Waals surface area contributed by atoms with E-state index in [1.807, 2.05) is 52.1 Å². The maximum absolute atomic E-state index is 11.2. The minimum atomic E-state index is -0.910. The number of aliphatic hydroxyl groups is 2. The fraction of sp³-hybridized carbons (Fsp3) is 0.481. The van der Waals surface area contributed by atoms with Crippen LogP contribution in [0.1, 0.15) is 37.6 Å². The van der Waals surface area contributed by atoms with Crippen LogP contribution in [0, 0.1) is 19.8 Å². The van der Waals surface area contributed by atoms with E-state index in [0.717, 1.165) is 40.3 Å². The van der Waals surface area contributed by atoms with Crippen molar-refractivity contribution in [2.45, 2.75) is 47.1 Å². The number of hydrogen-bond donors (Lipinski definition) is 3. The maximum Gasteiger partial charge on any atom is 0.258 e. The molecule has 1 amide bonds. The van der Waals surface area contributed by atoms with Crippen LogP contribution < -0.4 is 15.0 Å². The van der Waals surface area contributed by atoms with Crippen molar-refractivity contribution in [2.24, 2.45) is 5.92 Å². The van der Waals surface area contributed by atoms with E-state index in [1.54, 1.807) is 0 Å². The third kappa shape index (κ3) is 7.50. The van der Waals surface area contributed by atoms with Gasteiger partial charge in [-0.15, -0.1) is 0 Å². The van der Waals surface area contributed by atoms with Gasteiger partial charge in [0.15, 0.2) is 0 Å². The molecule has 0 bridgehead atoms. The zero-order valence-corrected chi connectivity index (χ0v) is 22.4. The Bertz CT molecular complexity index is 1210. The second-order valence-electron chi connectivity index (χ2n) is 9.61. The van der Waals surface area contributed by atoms with E-state index in [9.17, 15) is 9.90 Å². The van der Waals surface area contributed by atoms with Crippen LogP contribution in [0.2, 0.25) is 0 Å². The fourth-order valence-electron chi connectivity index (χ4n) is 4.04. The van der Waals surface area contributed by atoms with E-state index < -0.39 is 18.6 Å². The number of ether oxygens (including phenoxy) is 1. The molecule has 0 fully saturated rings. The molecule has 0 aliphatic rings. The monoisotopic (exact) mass is 511 g/mol. The SMILES string of the molecule is CCc1cc(-c2noc(-c3cc(C)nc(N(C)CC(C)C)c3)n2)cc(C)c1OC[C@@H](O)CNC(=O)CO. The molecule has 0 saturated heterocycles. The Balaban J connectivity index is 1.80. The van der Waals surface area contributed by atoms with Gasteiger partial charge in [0.1, 0.15) is 30.9 Å². The first-order chi connectivity index (χ1) is 17.6. The Kier molecular flexibility index (Phi) is 9.60. The smallest absolute Gasteiger partial charge is 0.258 e. The Morgan fingerprint density at radius 3 is 2.59 bits per heavy atom. The molecule has 200 valence electrons. The summed E-state index contributed by atoms with van der Waals surface area (Å²) in [7, 11) is 2.02. The van der Waals surface area contributed by atoms with Crippen LogP contribution in [0.4, 0.5) is 5.82 Å². The molecule has 10 heteroatoms. The molecule has 1 aromatic carbocycles. The largest absolute Gasteiger partial charge is 0.490 e. The molecule has 3 N–H and O–H groups in total. The number of aliphatic hydroxyl groups excluding tert-OH is 2. The molecular weight excluding hydrogens is 474 g/mol. The Hall–Kier alpha value is -3.50. The minimum absolute atomic E-state index is 0.000234. The second-order valence-corrected chi connectivity index (χ2v) is 9.61. The summed E-state index contributed by atoms with van der Waals surface area (Å²) >= 11 is 0. The number of nitrogens with one attached hydrogen (secondary N) is 1. The van der Waals surface area contributed by atoms with Gasteiger partial charge in [0.2, 0.25) is 11.7 Å². The van der Waals surface area contributed by atoms with E-state index in [2.05, 4.69) is 39.2 Å². The predicted molar refractivity (Wildman–Crippen MR) is 142 cm³/mol.